The summed E-state index contributed by atoms with van der Waals surface area (Å²) in [6.07, 6.45) is 7.22. The number of hydrogen-bond acceptors (Lipinski definition) is 2. The second-order valence-corrected chi connectivity index (χ2v) is 5.68. The minimum absolute atomic E-state index is 0.0632. The van der Waals surface area contributed by atoms with E-state index < -0.39 is 0 Å². The number of rotatable bonds is 6. The molecule has 1 aliphatic carbocycles. The van der Waals surface area contributed by atoms with Crippen LogP contribution in [0.2, 0.25) is 10.0 Å². The summed E-state index contributed by atoms with van der Waals surface area (Å²) in [6.45, 7) is 1.44. The summed E-state index contributed by atoms with van der Waals surface area (Å²) in [5.41, 5.74) is 8.38. The van der Waals surface area contributed by atoms with Gasteiger partial charge in [0.15, 0.2) is 0 Å². The van der Waals surface area contributed by atoms with Crippen molar-refractivity contribution < 1.29 is 0 Å². The fourth-order valence-corrected chi connectivity index (χ4v) is 2.92. The van der Waals surface area contributed by atoms with Gasteiger partial charge in [-0.3, -0.25) is 0 Å². The van der Waals surface area contributed by atoms with Crippen molar-refractivity contribution >= 4 is 23.2 Å². The molecule has 2 nitrogen and oxygen atoms in total. The summed E-state index contributed by atoms with van der Waals surface area (Å²) in [5, 5.41) is 4.66. The van der Waals surface area contributed by atoms with Gasteiger partial charge in [0.2, 0.25) is 0 Å². The summed E-state index contributed by atoms with van der Waals surface area (Å²) in [4.78, 5) is 0. The van der Waals surface area contributed by atoms with Gasteiger partial charge in [-0.2, -0.15) is 0 Å². The molecule has 2 rings (SSSR count). The van der Waals surface area contributed by atoms with E-state index in [2.05, 4.69) is 11.4 Å². The fraction of sp³-hybridized carbons (Fsp3) is 0.467. The van der Waals surface area contributed by atoms with Crippen molar-refractivity contribution in [3.05, 3.63) is 45.5 Å². The quantitative estimate of drug-likeness (QED) is 0.777. The molecule has 0 bridgehead atoms. The molecule has 1 unspecified atom stereocenters. The maximum Gasteiger partial charge on any atom is 0.0640 e. The summed E-state index contributed by atoms with van der Waals surface area (Å²) >= 11 is 12.3. The maximum atomic E-state index is 6.23. The lowest BCUT2D eigenvalue weighted by atomic mass is 10.1. The molecule has 0 amide bonds. The first kappa shape index (κ1) is 14.9. The summed E-state index contributed by atoms with van der Waals surface area (Å²) in [5.74, 6) is 0. The van der Waals surface area contributed by atoms with Gasteiger partial charge in [0.1, 0.15) is 0 Å². The van der Waals surface area contributed by atoms with Crippen LogP contribution in [0.5, 0.6) is 0 Å². The van der Waals surface area contributed by atoms with Gasteiger partial charge in [-0.15, -0.1) is 0 Å². The molecule has 0 fully saturated rings. The number of nitrogens with two attached hydrogens (primary N) is 1. The highest BCUT2D eigenvalue weighted by molar-refractivity contribution is 6.42. The number of hydrogen-bond donors (Lipinski definition) is 2. The molecular weight excluding hydrogens is 279 g/mol. The highest BCUT2D eigenvalue weighted by atomic mass is 35.5. The Morgan fingerprint density at radius 3 is 2.84 bits per heavy atom. The number of nitrogens with one attached hydrogen (secondary N) is 1. The van der Waals surface area contributed by atoms with Crippen LogP contribution in [0.25, 0.3) is 0 Å². The first-order chi connectivity index (χ1) is 9.22. The van der Waals surface area contributed by atoms with Gasteiger partial charge in [0.05, 0.1) is 10.0 Å². The topological polar surface area (TPSA) is 38.0 Å². The van der Waals surface area contributed by atoms with Crippen molar-refractivity contribution in [1.82, 2.24) is 5.32 Å². The third-order valence-corrected chi connectivity index (χ3v) is 4.40. The van der Waals surface area contributed by atoms with Gasteiger partial charge in [0, 0.05) is 12.6 Å². The van der Waals surface area contributed by atoms with E-state index in [-0.39, 0.29) is 6.04 Å². The fourth-order valence-electron chi connectivity index (χ4n) is 2.48. The Balaban J connectivity index is 1.93. The average Bonchev–Trinajstić information content (AvgIpc) is 2.92. The first-order valence-electron chi connectivity index (χ1n) is 6.77. The Morgan fingerprint density at radius 2 is 2.16 bits per heavy atom. The molecule has 1 aromatic carbocycles. The van der Waals surface area contributed by atoms with Crippen molar-refractivity contribution in [2.24, 2.45) is 5.73 Å². The average molecular weight is 299 g/mol. The van der Waals surface area contributed by atoms with E-state index in [9.17, 15) is 0 Å². The summed E-state index contributed by atoms with van der Waals surface area (Å²) in [7, 11) is 0. The maximum absolute atomic E-state index is 6.23. The van der Waals surface area contributed by atoms with Crippen LogP contribution < -0.4 is 11.1 Å². The van der Waals surface area contributed by atoms with Gasteiger partial charge in [-0.05, 0) is 43.9 Å². The van der Waals surface area contributed by atoms with E-state index >= 15 is 0 Å². The molecule has 0 heterocycles. The third kappa shape index (κ3) is 3.96. The molecule has 0 radical (unpaired) electrons. The Morgan fingerprint density at radius 1 is 1.32 bits per heavy atom. The molecule has 19 heavy (non-hydrogen) atoms. The van der Waals surface area contributed by atoms with Gasteiger partial charge >= 0.3 is 0 Å². The molecule has 104 valence electrons. The van der Waals surface area contributed by atoms with Crippen molar-refractivity contribution in [3.63, 3.8) is 0 Å². The van der Waals surface area contributed by atoms with Crippen LogP contribution in [0.1, 0.15) is 37.3 Å². The second-order valence-electron chi connectivity index (χ2n) is 4.89. The van der Waals surface area contributed by atoms with Crippen LogP contribution in [0, 0.1) is 0 Å². The molecule has 0 spiro atoms. The summed E-state index contributed by atoms with van der Waals surface area (Å²) < 4.78 is 0. The molecule has 4 heteroatoms. The Bertz CT molecular complexity index is 457. The van der Waals surface area contributed by atoms with Crippen molar-refractivity contribution in [3.8, 4) is 0 Å². The second kappa shape index (κ2) is 7.30. The van der Waals surface area contributed by atoms with E-state index in [0.29, 0.717) is 16.6 Å². The van der Waals surface area contributed by atoms with E-state index in [1.54, 1.807) is 11.6 Å². The van der Waals surface area contributed by atoms with E-state index in [1.165, 1.54) is 19.3 Å². The van der Waals surface area contributed by atoms with Crippen LogP contribution >= 0.6 is 23.2 Å². The predicted molar refractivity (Wildman–Crippen MR) is 82.8 cm³/mol. The molecule has 1 aromatic rings. The van der Waals surface area contributed by atoms with Crippen molar-refractivity contribution in [2.75, 3.05) is 13.1 Å². The monoisotopic (exact) mass is 298 g/mol. The first-order valence-corrected chi connectivity index (χ1v) is 7.53. The zero-order chi connectivity index (χ0) is 13.7. The molecule has 0 aliphatic heterocycles. The molecule has 1 atom stereocenters. The normalized spacial score (nSPS) is 16.5. The zero-order valence-corrected chi connectivity index (χ0v) is 12.5. The van der Waals surface area contributed by atoms with E-state index in [1.807, 2.05) is 12.1 Å². The van der Waals surface area contributed by atoms with Crippen LogP contribution in [0.15, 0.2) is 29.8 Å². The zero-order valence-electron chi connectivity index (χ0n) is 11.0. The SMILES string of the molecule is NCC(NCCC1=CCCC1)c1cccc(Cl)c1Cl. The van der Waals surface area contributed by atoms with Crippen LogP contribution in [-0.2, 0) is 0 Å². The molecule has 0 saturated carbocycles. The summed E-state index contributed by atoms with van der Waals surface area (Å²) in [6, 6.07) is 5.75. The lowest BCUT2D eigenvalue weighted by Gasteiger charge is -2.19. The largest absolute Gasteiger partial charge is 0.329 e. The number of allylic oxidation sites excluding steroid dienone is 1. The van der Waals surface area contributed by atoms with Gasteiger partial charge in [-0.25, -0.2) is 0 Å². The number of benzene rings is 1. The Labute approximate surface area is 125 Å². The van der Waals surface area contributed by atoms with Crippen molar-refractivity contribution in [1.29, 1.82) is 0 Å². The van der Waals surface area contributed by atoms with E-state index in [4.69, 9.17) is 28.9 Å². The van der Waals surface area contributed by atoms with Crippen LogP contribution in [0.3, 0.4) is 0 Å². The van der Waals surface area contributed by atoms with Crippen LogP contribution in [-0.4, -0.2) is 13.1 Å². The standard InChI is InChI=1S/C15H20Cl2N2/c16-13-7-3-6-12(15(13)17)14(10-18)19-9-8-11-4-1-2-5-11/h3-4,6-7,14,19H,1-2,5,8-10,18H2. The van der Waals surface area contributed by atoms with Crippen molar-refractivity contribution in [2.45, 2.75) is 31.7 Å². The molecule has 3 N–H and O–H groups in total. The van der Waals surface area contributed by atoms with E-state index in [0.717, 1.165) is 18.5 Å². The third-order valence-electron chi connectivity index (χ3n) is 3.56. The molecule has 0 saturated heterocycles. The van der Waals surface area contributed by atoms with Gasteiger partial charge in [0.25, 0.3) is 0 Å². The highest BCUT2D eigenvalue weighted by Gasteiger charge is 2.14. The smallest absolute Gasteiger partial charge is 0.0640 e. The predicted octanol–water partition coefficient (Wildman–Crippen LogP) is 4.08. The lowest BCUT2D eigenvalue weighted by Crippen LogP contribution is -2.29. The highest BCUT2D eigenvalue weighted by Crippen LogP contribution is 2.29. The lowest BCUT2D eigenvalue weighted by molar-refractivity contribution is 0.542. The van der Waals surface area contributed by atoms with Gasteiger partial charge in [-0.1, -0.05) is 47.0 Å². The molecular formula is C15H20Cl2N2. The van der Waals surface area contributed by atoms with Gasteiger partial charge < -0.3 is 11.1 Å². The van der Waals surface area contributed by atoms with Crippen LogP contribution in [0.4, 0.5) is 0 Å². The minimum atomic E-state index is 0.0632. The Kier molecular flexibility index (Phi) is 5.71. The molecule has 1 aliphatic rings. The molecule has 0 aromatic heterocycles. The minimum Gasteiger partial charge on any atom is -0.329 e. The Hall–Kier alpha value is -0.540. The number of halogens is 2.